The Morgan fingerprint density at radius 3 is 2.50 bits per heavy atom. The minimum absolute atomic E-state index is 0.197. The molecule has 2 aromatic carbocycles. The van der Waals surface area contributed by atoms with E-state index < -0.39 is 21.8 Å². The summed E-state index contributed by atoms with van der Waals surface area (Å²) in [7, 11) is -3.69. The number of rotatable bonds is 4. The molecular formula is C19H20N2O4S. The highest BCUT2D eigenvalue weighted by atomic mass is 32.2. The van der Waals surface area contributed by atoms with Gasteiger partial charge in [0.15, 0.2) is 0 Å². The summed E-state index contributed by atoms with van der Waals surface area (Å²) in [5.74, 6) is -1.60. The van der Waals surface area contributed by atoms with Crippen LogP contribution < -0.4 is 9.62 Å². The van der Waals surface area contributed by atoms with Crippen molar-refractivity contribution < 1.29 is 18.0 Å². The van der Waals surface area contributed by atoms with Crippen LogP contribution in [0.3, 0.4) is 0 Å². The lowest BCUT2D eigenvalue weighted by molar-refractivity contribution is -0.119. The van der Waals surface area contributed by atoms with E-state index in [9.17, 15) is 18.0 Å². The van der Waals surface area contributed by atoms with Crippen LogP contribution in [0.15, 0.2) is 48.5 Å². The van der Waals surface area contributed by atoms with Crippen LogP contribution in [-0.4, -0.2) is 26.0 Å². The van der Waals surface area contributed by atoms with E-state index in [4.69, 9.17) is 0 Å². The normalized spacial score (nSPS) is 18.8. The van der Waals surface area contributed by atoms with Crippen LogP contribution in [0.25, 0.3) is 0 Å². The quantitative estimate of drug-likeness (QED) is 0.892. The molecule has 1 aliphatic rings. The second kappa shape index (κ2) is 6.92. The van der Waals surface area contributed by atoms with Crippen LogP contribution >= 0.6 is 0 Å². The highest BCUT2D eigenvalue weighted by Gasteiger charge is 2.42. The van der Waals surface area contributed by atoms with Crippen LogP contribution in [0.4, 0.5) is 5.69 Å². The average Bonchev–Trinajstić information content (AvgIpc) is 2.81. The van der Waals surface area contributed by atoms with Crippen molar-refractivity contribution in [2.24, 2.45) is 5.92 Å². The molecule has 6 nitrogen and oxygen atoms in total. The minimum atomic E-state index is -3.69. The summed E-state index contributed by atoms with van der Waals surface area (Å²) in [6, 6.07) is 13.9. The molecule has 0 unspecified atom stereocenters. The molecule has 2 aromatic rings. The summed E-state index contributed by atoms with van der Waals surface area (Å²) in [5, 5.41) is 2.80. The van der Waals surface area contributed by atoms with E-state index in [1.165, 1.54) is 12.1 Å². The van der Waals surface area contributed by atoms with Gasteiger partial charge in [-0.2, -0.15) is 0 Å². The van der Waals surface area contributed by atoms with Crippen molar-refractivity contribution in [2.45, 2.75) is 20.4 Å². The van der Waals surface area contributed by atoms with Gasteiger partial charge in [0.2, 0.25) is 15.9 Å². The molecule has 1 heterocycles. The zero-order chi connectivity index (χ0) is 18.9. The molecule has 7 heteroatoms. The maximum absolute atomic E-state index is 12.4. The van der Waals surface area contributed by atoms with Gasteiger partial charge in [-0.1, -0.05) is 42.8 Å². The summed E-state index contributed by atoms with van der Waals surface area (Å²) >= 11 is 0. The van der Waals surface area contributed by atoms with Gasteiger partial charge >= 0.3 is 0 Å². The van der Waals surface area contributed by atoms with E-state index in [-0.39, 0.29) is 17.3 Å². The number of benzene rings is 2. The van der Waals surface area contributed by atoms with Crippen molar-refractivity contribution in [1.29, 1.82) is 0 Å². The first-order valence-corrected chi connectivity index (χ1v) is 9.89. The van der Waals surface area contributed by atoms with Gasteiger partial charge in [0.1, 0.15) is 0 Å². The van der Waals surface area contributed by atoms with Gasteiger partial charge in [0, 0.05) is 12.1 Å². The second-order valence-electron chi connectivity index (χ2n) is 6.50. The Balaban J connectivity index is 1.77. The summed E-state index contributed by atoms with van der Waals surface area (Å²) < 4.78 is 25.2. The van der Waals surface area contributed by atoms with Crippen LogP contribution in [-0.2, 0) is 21.4 Å². The maximum Gasteiger partial charge on any atom is 0.251 e. The number of hydrogen-bond acceptors (Lipinski definition) is 4. The van der Waals surface area contributed by atoms with Gasteiger partial charge in [0.05, 0.1) is 17.4 Å². The first kappa shape index (κ1) is 18.1. The molecular weight excluding hydrogens is 352 g/mol. The lowest BCUT2D eigenvalue weighted by atomic mass is 10.1. The van der Waals surface area contributed by atoms with Crippen molar-refractivity contribution in [3.8, 4) is 0 Å². The Bertz CT molecular complexity index is 952. The molecule has 0 saturated carbocycles. The van der Waals surface area contributed by atoms with Crippen LogP contribution in [0.2, 0.25) is 0 Å². The van der Waals surface area contributed by atoms with Gasteiger partial charge in [-0.05, 0) is 30.7 Å². The molecule has 0 bridgehead atoms. The Hall–Kier alpha value is -2.67. The van der Waals surface area contributed by atoms with E-state index in [1.807, 2.05) is 31.2 Å². The standard InChI is InChI=1S/C19H20N2O4S/c1-13-6-8-15(9-7-13)11-20-18(22)16-4-3-5-17(10-16)21-19(23)14(2)12-26(21,24)25/h3-10,14H,11-12H2,1-2H3,(H,20,22)/t14-/m0/s1. The Kier molecular flexibility index (Phi) is 4.82. The number of anilines is 1. The predicted octanol–water partition coefficient (Wildman–Crippen LogP) is 2.24. The van der Waals surface area contributed by atoms with Gasteiger partial charge in [-0.3, -0.25) is 9.59 Å². The van der Waals surface area contributed by atoms with Crippen molar-refractivity contribution in [2.75, 3.05) is 10.1 Å². The number of hydrogen-bond donors (Lipinski definition) is 1. The summed E-state index contributed by atoms with van der Waals surface area (Å²) in [4.78, 5) is 24.6. The fraction of sp³-hybridized carbons (Fsp3) is 0.263. The topological polar surface area (TPSA) is 83.6 Å². The lowest BCUT2D eigenvalue weighted by Gasteiger charge is -2.16. The molecule has 0 aromatic heterocycles. The van der Waals surface area contributed by atoms with Crippen molar-refractivity contribution in [1.82, 2.24) is 5.32 Å². The molecule has 1 N–H and O–H groups in total. The van der Waals surface area contributed by atoms with Crippen LogP contribution in [0.1, 0.15) is 28.4 Å². The zero-order valence-corrected chi connectivity index (χ0v) is 15.4. The van der Waals surface area contributed by atoms with Crippen LogP contribution in [0.5, 0.6) is 0 Å². The number of nitrogens with one attached hydrogen (secondary N) is 1. The largest absolute Gasteiger partial charge is 0.348 e. The average molecular weight is 372 g/mol. The monoisotopic (exact) mass is 372 g/mol. The van der Waals surface area contributed by atoms with Crippen molar-refractivity contribution >= 4 is 27.5 Å². The predicted molar refractivity (Wildman–Crippen MR) is 99.2 cm³/mol. The molecule has 2 amide bonds. The van der Waals surface area contributed by atoms with E-state index in [1.54, 1.807) is 19.1 Å². The molecule has 26 heavy (non-hydrogen) atoms. The molecule has 0 aliphatic carbocycles. The van der Waals surface area contributed by atoms with Gasteiger partial charge in [-0.25, -0.2) is 12.7 Å². The number of carbonyl (C=O) groups is 2. The number of sulfonamides is 1. The van der Waals surface area contributed by atoms with Crippen molar-refractivity contribution in [3.63, 3.8) is 0 Å². The molecule has 136 valence electrons. The molecule has 0 radical (unpaired) electrons. The van der Waals surface area contributed by atoms with Crippen molar-refractivity contribution in [3.05, 3.63) is 65.2 Å². The van der Waals surface area contributed by atoms with Crippen LogP contribution in [0, 0.1) is 12.8 Å². The third kappa shape index (κ3) is 3.62. The Morgan fingerprint density at radius 2 is 1.88 bits per heavy atom. The third-order valence-corrected chi connectivity index (χ3v) is 6.15. The van der Waals surface area contributed by atoms with E-state index >= 15 is 0 Å². The highest BCUT2D eigenvalue weighted by Crippen LogP contribution is 2.28. The fourth-order valence-electron chi connectivity index (χ4n) is 2.85. The minimum Gasteiger partial charge on any atom is -0.348 e. The number of nitrogens with zero attached hydrogens (tertiary/aromatic N) is 1. The summed E-state index contributed by atoms with van der Waals surface area (Å²) in [5.41, 5.74) is 2.60. The SMILES string of the molecule is Cc1ccc(CNC(=O)c2cccc(N3C(=O)[C@@H](C)CS3(=O)=O)c2)cc1. The fourth-order valence-corrected chi connectivity index (χ4v) is 4.66. The zero-order valence-electron chi connectivity index (χ0n) is 14.6. The number of carbonyl (C=O) groups excluding carboxylic acids is 2. The Labute approximate surface area is 152 Å². The molecule has 1 aliphatic heterocycles. The second-order valence-corrected chi connectivity index (χ2v) is 8.36. The third-order valence-electron chi connectivity index (χ3n) is 4.28. The Morgan fingerprint density at radius 1 is 1.19 bits per heavy atom. The lowest BCUT2D eigenvalue weighted by Crippen LogP contribution is -2.30. The first-order chi connectivity index (χ1) is 12.3. The summed E-state index contributed by atoms with van der Waals surface area (Å²) in [6.45, 7) is 3.93. The molecule has 1 saturated heterocycles. The number of amides is 2. The number of aryl methyl sites for hydroxylation is 1. The van der Waals surface area contributed by atoms with E-state index in [0.717, 1.165) is 15.4 Å². The first-order valence-electron chi connectivity index (χ1n) is 8.28. The van der Waals surface area contributed by atoms with E-state index in [0.29, 0.717) is 12.1 Å². The maximum atomic E-state index is 12.4. The highest BCUT2D eigenvalue weighted by molar-refractivity contribution is 7.94. The molecule has 1 atom stereocenters. The van der Waals surface area contributed by atoms with Gasteiger partial charge < -0.3 is 5.32 Å². The molecule has 3 rings (SSSR count). The van der Waals surface area contributed by atoms with E-state index in [2.05, 4.69) is 5.32 Å². The summed E-state index contributed by atoms with van der Waals surface area (Å²) in [6.07, 6.45) is 0. The van der Waals surface area contributed by atoms with Gasteiger partial charge in [0.25, 0.3) is 5.91 Å². The smallest absolute Gasteiger partial charge is 0.251 e. The van der Waals surface area contributed by atoms with Gasteiger partial charge in [-0.15, -0.1) is 0 Å². The molecule has 1 fully saturated rings. The molecule has 0 spiro atoms.